The summed E-state index contributed by atoms with van der Waals surface area (Å²) in [5.74, 6) is 1.23. The van der Waals surface area contributed by atoms with Crippen molar-refractivity contribution in [2.75, 3.05) is 32.7 Å². The fourth-order valence-electron chi connectivity index (χ4n) is 3.12. The van der Waals surface area contributed by atoms with Crippen molar-refractivity contribution < 1.29 is 4.79 Å². The van der Waals surface area contributed by atoms with Crippen LogP contribution in [0.1, 0.15) is 33.1 Å². The summed E-state index contributed by atoms with van der Waals surface area (Å²) in [6.07, 6.45) is 3.64. The van der Waals surface area contributed by atoms with E-state index < -0.39 is 0 Å². The summed E-state index contributed by atoms with van der Waals surface area (Å²) in [6.45, 7) is 9.64. The molecule has 2 fully saturated rings. The molecule has 0 aromatic carbocycles. The molecule has 2 N–H and O–H groups in total. The molecular weight excluding hydrogens is 226 g/mol. The molecule has 18 heavy (non-hydrogen) atoms. The van der Waals surface area contributed by atoms with Crippen LogP contribution in [0.25, 0.3) is 0 Å². The van der Waals surface area contributed by atoms with Crippen molar-refractivity contribution in [3.8, 4) is 0 Å². The lowest BCUT2D eigenvalue weighted by Gasteiger charge is -2.33. The van der Waals surface area contributed by atoms with E-state index in [-0.39, 0.29) is 17.9 Å². The summed E-state index contributed by atoms with van der Waals surface area (Å²) in [6, 6.07) is 0.267. The predicted octanol–water partition coefficient (Wildman–Crippen LogP) is 0.833. The van der Waals surface area contributed by atoms with Crippen molar-refractivity contribution in [2.24, 2.45) is 11.8 Å². The highest BCUT2D eigenvalue weighted by Crippen LogP contribution is 2.15. The van der Waals surface area contributed by atoms with E-state index in [4.69, 9.17) is 0 Å². The summed E-state index contributed by atoms with van der Waals surface area (Å²) in [4.78, 5) is 14.5. The summed E-state index contributed by atoms with van der Waals surface area (Å²) in [7, 11) is 0. The van der Waals surface area contributed by atoms with E-state index in [1.807, 2.05) is 0 Å². The molecule has 0 radical (unpaired) electrons. The highest BCUT2D eigenvalue weighted by atomic mass is 16.2. The molecule has 2 saturated heterocycles. The minimum atomic E-state index is 0.188. The molecule has 0 aliphatic carbocycles. The topological polar surface area (TPSA) is 44.4 Å². The average molecular weight is 253 g/mol. The Balaban J connectivity index is 1.70. The van der Waals surface area contributed by atoms with E-state index in [1.165, 1.54) is 25.9 Å². The minimum Gasteiger partial charge on any atom is -0.352 e. The van der Waals surface area contributed by atoms with Crippen LogP contribution in [0.2, 0.25) is 0 Å². The van der Waals surface area contributed by atoms with Crippen LogP contribution in [-0.2, 0) is 4.79 Å². The summed E-state index contributed by atoms with van der Waals surface area (Å²) < 4.78 is 0. The average Bonchev–Trinajstić information content (AvgIpc) is 2.81. The van der Waals surface area contributed by atoms with Crippen molar-refractivity contribution in [1.82, 2.24) is 15.5 Å². The first kappa shape index (κ1) is 13.8. The second-order valence-electron chi connectivity index (χ2n) is 6.11. The Morgan fingerprint density at radius 2 is 2.33 bits per heavy atom. The zero-order chi connectivity index (χ0) is 13.0. The number of rotatable bonds is 4. The van der Waals surface area contributed by atoms with Gasteiger partial charge in [-0.3, -0.25) is 4.79 Å². The Labute approximate surface area is 110 Å². The molecule has 2 aliphatic heterocycles. The van der Waals surface area contributed by atoms with Crippen molar-refractivity contribution >= 4 is 5.91 Å². The van der Waals surface area contributed by atoms with E-state index in [0.29, 0.717) is 0 Å². The summed E-state index contributed by atoms with van der Waals surface area (Å²) in [5.41, 5.74) is 0. The van der Waals surface area contributed by atoms with E-state index in [9.17, 15) is 4.79 Å². The third-order valence-electron chi connectivity index (χ3n) is 4.09. The lowest BCUT2D eigenvalue weighted by molar-refractivity contribution is -0.125. The maximum atomic E-state index is 12.0. The van der Waals surface area contributed by atoms with Crippen molar-refractivity contribution in [1.29, 1.82) is 0 Å². The van der Waals surface area contributed by atoms with Gasteiger partial charge in [0.05, 0.1) is 5.92 Å². The molecule has 104 valence electrons. The number of hydrogen-bond donors (Lipinski definition) is 2. The molecule has 2 heterocycles. The van der Waals surface area contributed by atoms with Gasteiger partial charge in [0.25, 0.3) is 0 Å². The van der Waals surface area contributed by atoms with Crippen LogP contribution >= 0.6 is 0 Å². The van der Waals surface area contributed by atoms with Crippen LogP contribution in [-0.4, -0.2) is 49.6 Å². The molecular formula is C14H27N3O. The lowest BCUT2D eigenvalue weighted by atomic mass is 10.00. The van der Waals surface area contributed by atoms with E-state index in [1.54, 1.807) is 0 Å². The first-order valence-corrected chi connectivity index (χ1v) is 7.38. The van der Waals surface area contributed by atoms with Gasteiger partial charge in [0.15, 0.2) is 0 Å². The molecule has 4 heteroatoms. The van der Waals surface area contributed by atoms with Gasteiger partial charge >= 0.3 is 0 Å². The van der Waals surface area contributed by atoms with Gasteiger partial charge in [-0.05, 0) is 45.2 Å². The Hall–Kier alpha value is -0.610. The highest BCUT2D eigenvalue weighted by Gasteiger charge is 2.24. The normalized spacial score (nSPS) is 31.2. The van der Waals surface area contributed by atoms with Crippen LogP contribution in [0.15, 0.2) is 0 Å². The fraction of sp³-hybridized carbons (Fsp3) is 0.929. The SMILES string of the molecule is CC1CCCN(CC(C)NC(=O)C2CCNC2)C1. The predicted molar refractivity (Wildman–Crippen MR) is 73.4 cm³/mol. The van der Waals surface area contributed by atoms with Gasteiger partial charge in [0, 0.05) is 25.7 Å². The summed E-state index contributed by atoms with van der Waals surface area (Å²) >= 11 is 0. The van der Waals surface area contributed by atoms with Gasteiger partial charge in [-0.2, -0.15) is 0 Å². The Kier molecular flexibility index (Phi) is 5.01. The van der Waals surface area contributed by atoms with Crippen LogP contribution < -0.4 is 10.6 Å². The van der Waals surface area contributed by atoms with Crippen LogP contribution in [0.3, 0.4) is 0 Å². The lowest BCUT2D eigenvalue weighted by Crippen LogP contribution is -2.46. The first-order chi connectivity index (χ1) is 8.65. The second-order valence-corrected chi connectivity index (χ2v) is 6.11. The molecule has 0 bridgehead atoms. The minimum absolute atomic E-state index is 0.188. The number of piperidine rings is 1. The molecule has 0 aromatic rings. The number of nitrogens with one attached hydrogen (secondary N) is 2. The number of likely N-dealkylation sites (tertiary alicyclic amines) is 1. The Bertz CT molecular complexity index is 276. The number of amides is 1. The fourth-order valence-corrected chi connectivity index (χ4v) is 3.12. The monoisotopic (exact) mass is 253 g/mol. The van der Waals surface area contributed by atoms with Crippen LogP contribution in [0.5, 0.6) is 0 Å². The number of carbonyl (C=O) groups excluding carboxylic acids is 1. The Morgan fingerprint density at radius 1 is 1.50 bits per heavy atom. The molecule has 3 unspecified atom stereocenters. The maximum absolute atomic E-state index is 12.0. The van der Waals surface area contributed by atoms with Crippen molar-refractivity contribution in [3.05, 3.63) is 0 Å². The molecule has 3 atom stereocenters. The zero-order valence-electron chi connectivity index (χ0n) is 11.7. The smallest absolute Gasteiger partial charge is 0.224 e. The number of nitrogens with zero attached hydrogens (tertiary/aromatic N) is 1. The van der Waals surface area contributed by atoms with Crippen LogP contribution in [0, 0.1) is 11.8 Å². The van der Waals surface area contributed by atoms with Gasteiger partial charge in [0.1, 0.15) is 0 Å². The highest BCUT2D eigenvalue weighted by molar-refractivity contribution is 5.79. The quantitative estimate of drug-likeness (QED) is 0.780. The molecule has 0 spiro atoms. The van der Waals surface area contributed by atoms with Crippen molar-refractivity contribution in [2.45, 2.75) is 39.2 Å². The third kappa shape index (κ3) is 3.95. The molecule has 1 amide bonds. The molecule has 0 aromatic heterocycles. The van der Waals surface area contributed by atoms with Gasteiger partial charge in [-0.15, -0.1) is 0 Å². The molecule has 2 rings (SSSR count). The third-order valence-corrected chi connectivity index (χ3v) is 4.09. The van der Waals surface area contributed by atoms with E-state index >= 15 is 0 Å². The van der Waals surface area contributed by atoms with Crippen molar-refractivity contribution in [3.63, 3.8) is 0 Å². The summed E-state index contributed by atoms with van der Waals surface area (Å²) in [5, 5.41) is 6.41. The molecule has 2 aliphatic rings. The van der Waals surface area contributed by atoms with Gasteiger partial charge < -0.3 is 15.5 Å². The van der Waals surface area contributed by atoms with E-state index in [0.717, 1.165) is 32.0 Å². The maximum Gasteiger partial charge on any atom is 0.224 e. The standard InChI is InChI=1S/C14H27N3O/c1-11-4-3-7-17(9-11)10-12(2)16-14(18)13-5-6-15-8-13/h11-13,15H,3-10H2,1-2H3,(H,16,18). The first-order valence-electron chi connectivity index (χ1n) is 7.38. The largest absolute Gasteiger partial charge is 0.352 e. The van der Waals surface area contributed by atoms with Gasteiger partial charge in [-0.25, -0.2) is 0 Å². The molecule has 4 nitrogen and oxygen atoms in total. The molecule has 0 saturated carbocycles. The second kappa shape index (κ2) is 6.53. The van der Waals surface area contributed by atoms with Crippen LogP contribution in [0.4, 0.5) is 0 Å². The van der Waals surface area contributed by atoms with Gasteiger partial charge in [-0.1, -0.05) is 6.92 Å². The zero-order valence-corrected chi connectivity index (χ0v) is 11.7. The van der Waals surface area contributed by atoms with E-state index in [2.05, 4.69) is 29.4 Å². The Morgan fingerprint density at radius 3 is 3.00 bits per heavy atom. The number of hydrogen-bond acceptors (Lipinski definition) is 3. The number of carbonyl (C=O) groups is 1. The van der Waals surface area contributed by atoms with Gasteiger partial charge in [0.2, 0.25) is 5.91 Å².